The van der Waals surface area contributed by atoms with Crippen LogP contribution < -0.4 is 4.52 Å². The van der Waals surface area contributed by atoms with E-state index in [1.807, 2.05) is 0 Å². The van der Waals surface area contributed by atoms with E-state index in [2.05, 4.69) is 4.52 Å². The SMILES string of the molecule is O=P(O)(O)Oc1cccs1. The van der Waals surface area contributed by atoms with Crippen molar-refractivity contribution in [2.45, 2.75) is 0 Å². The molecule has 0 amide bonds. The number of phosphoric ester groups is 1. The Morgan fingerprint density at radius 1 is 1.60 bits per heavy atom. The van der Waals surface area contributed by atoms with Crippen molar-refractivity contribution in [2.75, 3.05) is 0 Å². The number of hydrogen-bond donors (Lipinski definition) is 2. The second kappa shape index (κ2) is 2.72. The Morgan fingerprint density at radius 3 is 2.70 bits per heavy atom. The first kappa shape index (κ1) is 7.75. The minimum Gasteiger partial charge on any atom is -0.394 e. The molecular weight excluding hydrogens is 175 g/mol. The minimum absolute atomic E-state index is 0.230. The molecule has 0 saturated heterocycles. The van der Waals surface area contributed by atoms with Crippen LogP contribution in [0.5, 0.6) is 5.06 Å². The van der Waals surface area contributed by atoms with Crippen LogP contribution in [0.3, 0.4) is 0 Å². The van der Waals surface area contributed by atoms with Gasteiger partial charge >= 0.3 is 7.82 Å². The lowest BCUT2D eigenvalue weighted by molar-refractivity contribution is 0.286. The van der Waals surface area contributed by atoms with Crippen LogP contribution >= 0.6 is 19.2 Å². The molecule has 6 heteroatoms. The summed E-state index contributed by atoms with van der Waals surface area (Å²) in [4.78, 5) is 16.6. The lowest BCUT2D eigenvalue weighted by Crippen LogP contribution is -1.86. The van der Waals surface area contributed by atoms with Crippen LogP contribution in [-0.4, -0.2) is 9.79 Å². The first-order valence-corrected chi connectivity index (χ1v) is 4.77. The quantitative estimate of drug-likeness (QED) is 0.671. The Morgan fingerprint density at radius 2 is 2.30 bits per heavy atom. The van der Waals surface area contributed by atoms with Crippen molar-refractivity contribution in [1.29, 1.82) is 0 Å². The second-order valence-electron chi connectivity index (χ2n) is 1.51. The molecule has 0 atom stereocenters. The lowest BCUT2D eigenvalue weighted by atomic mass is 10.7. The number of phosphoric acid groups is 1. The molecule has 1 aromatic rings. The van der Waals surface area contributed by atoms with E-state index >= 15 is 0 Å². The van der Waals surface area contributed by atoms with Gasteiger partial charge in [-0.3, -0.25) is 9.79 Å². The summed E-state index contributed by atoms with van der Waals surface area (Å²) in [5.41, 5.74) is 0. The van der Waals surface area contributed by atoms with Crippen LogP contribution in [0.1, 0.15) is 0 Å². The highest BCUT2D eigenvalue weighted by atomic mass is 32.1. The smallest absolute Gasteiger partial charge is 0.394 e. The maximum Gasteiger partial charge on any atom is 0.525 e. The summed E-state index contributed by atoms with van der Waals surface area (Å²) in [5.74, 6) is 0. The molecule has 10 heavy (non-hydrogen) atoms. The van der Waals surface area contributed by atoms with Crippen LogP contribution in [-0.2, 0) is 4.57 Å². The van der Waals surface area contributed by atoms with E-state index in [-0.39, 0.29) is 5.06 Å². The molecule has 0 saturated carbocycles. The summed E-state index contributed by atoms with van der Waals surface area (Å²) in [7, 11) is -4.34. The Kier molecular flexibility index (Phi) is 2.11. The molecule has 0 aliphatic heterocycles. The Hall–Kier alpha value is -0.350. The summed E-state index contributed by atoms with van der Waals surface area (Å²) in [6.45, 7) is 0. The maximum atomic E-state index is 10.2. The Bertz CT molecular complexity index is 238. The van der Waals surface area contributed by atoms with E-state index < -0.39 is 7.82 Å². The highest BCUT2D eigenvalue weighted by Gasteiger charge is 2.15. The monoisotopic (exact) mass is 180 g/mol. The van der Waals surface area contributed by atoms with Crippen molar-refractivity contribution >= 4 is 19.2 Å². The highest BCUT2D eigenvalue weighted by molar-refractivity contribution is 7.47. The summed E-state index contributed by atoms with van der Waals surface area (Å²) in [5, 5.41) is 1.90. The topological polar surface area (TPSA) is 66.8 Å². The largest absolute Gasteiger partial charge is 0.525 e. The second-order valence-corrected chi connectivity index (χ2v) is 3.59. The van der Waals surface area contributed by atoms with Crippen molar-refractivity contribution in [3.05, 3.63) is 17.5 Å². The molecule has 2 N–H and O–H groups in total. The van der Waals surface area contributed by atoms with Gasteiger partial charge in [-0.25, -0.2) is 4.57 Å². The van der Waals surface area contributed by atoms with Gasteiger partial charge in [-0.15, -0.1) is 11.3 Å². The standard InChI is InChI=1S/C4H5O4PS/c5-9(6,7)8-4-2-1-3-10-4/h1-3H,(H2,5,6,7). The van der Waals surface area contributed by atoms with Crippen molar-refractivity contribution in [3.63, 3.8) is 0 Å². The third kappa shape index (κ3) is 2.49. The van der Waals surface area contributed by atoms with Gasteiger partial charge in [0.05, 0.1) is 0 Å². The van der Waals surface area contributed by atoms with E-state index in [0.717, 1.165) is 11.3 Å². The molecule has 0 bridgehead atoms. The zero-order valence-corrected chi connectivity index (χ0v) is 6.51. The molecule has 0 aliphatic rings. The van der Waals surface area contributed by atoms with Crippen molar-refractivity contribution in [1.82, 2.24) is 0 Å². The highest BCUT2D eigenvalue weighted by Crippen LogP contribution is 2.39. The molecule has 0 aromatic carbocycles. The molecule has 1 heterocycles. The van der Waals surface area contributed by atoms with Crippen molar-refractivity contribution < 1.29 is 18.9 Å². The molecule has 1 rings (SSSR count). The minimum atomic E-state index is -4.34. The van der Waals surface area contributed by atoms with Crippen LogP contribution in [0, 0.1) is 0 Å². The molecule has 4 nitrogen and oxygen atoms in total. The van der Waals surface area contributed by atoms with Crippen LogP contribution in [0.25, 0.3) is 0 Å². The van der Waals surface area contributed by atoms with Gasteiger partial charge in [-0.2, -0.15) is 0 Å². The van der Waals surface area contributed by atoms with Crippen LogP contribution in [0.2, 0.25) is 0 Å². The molecular formula is C4H5O4PS. The van der Waals surface area contributed by atoms with E-state index in [1.54, 1.807) is 11.4 Å². The molecule has 0 spiro atoms. The zero-order valence-electron chi connectivity index (χ0n) is 4.80. The van der Waals surface area contributed by atoms with Gasteiger partial charge in [0.2, 0.25) is 0 Å². The average molecular weight is 180 g/mol. The predicted molar refractivity (Wildman–Crippen MR) is 37.0 cm³/mol. The van der Waals surface area contributed by atoms with Gasteiger partial charge in [0.25, 0.3) is 0 Å². The molecule has 0 aliphatic carbocycles. The third-order valence-corrected chi connectivity index (χ3v) is 2.01. The Labute approximate surface area is 61.3 Å². The normalized spacial score (nSPS) is 11.4. The van der Waals surface area contributed by atoms with E-state index in [1.165, 1.54) is 6.07 Å². The fraction of sp³-hybridized carbons (Fsp3) is 0. The third-order valence-electron chi connectivity index (χ3n) is 0.704. The zero-order chi connectivity index (χ0) is 7.61. The molecule has 0 radical (unpaired) electrons. The van der Waals surface area contributed by atoms with Gasteiger partial charge in [-0.1, -0.05) is 0 Å². The summed E-state index contributed by atoms with van der Waals surface area (Å²) in [6, 6.07) is 3.14. The fourth-order valence-corrected chi connectivity index (χ4v) is 1.64. The van der Waals surface area contributed by atoms with E-state index in [0.29, 0.717) is 0 Å². The van der Waals surface area contributed by atoms with Gasteiger partial charge in [0.15, 0.2) is 5.06 Å². The van der Waals surface area contributed by atoms with Gasteiger partial charge in [-0.05, 0) is 17.5 Å². The molecule has 1 aromatic heterocycles. The number of thiophene rings is 1. The van der Waals surface area contributed by atoms with E-state index in [9.17, 15) is 4.57 Å². The number of hydrogen-bond acceptors (Lipinski definition) is 3. The lowest BCUT2D eigenvalue weighted by Gasteiger charge is -2.01. The Balaban J connectivity index is 2.66. The molecule has 0 unspecified atom stereocenters. The molecule has 0 fully saturated rings. The van der Waals surface area contributed by atoms with E-state index in [4.69, 9.17) is 9.79 Å². The first-order valence-electron chi connectivity index (χ1n) is 2.36. The maximum absolute atomic E-state index is 10.2. The summed E-state index contributed by atoms with van der Waals surface area (Å²) >= 11 is 1.14. The van der Waals surface area contributed by atoms with Crippen LogP contribution in [0.4, 0.5) is 0 Å². The average Bonchev–Trinajstić information content (AvgIpc) is 2.12. The van der Waals surface area contributed by atoms with Crippen molar-refractivity contribution in [2.24, 2.45) is 0 Å². The van der Waals surface area contributed by atoms with Gasteiger partial charge < -0.3 is 4.52 Å². The summed E-state index contributed by atoms with van der Waals surface area (Å²) in [6.07, 6.45) is 0. The predicted octanol–water partition coefficient (Wildman–Crippen LogP) is 1.22. The van der Waals surface area contributed by atoms with Crippen LogP contribution in [0.15, 0.2) is 17.5 Å². The fourth-order valence-electron chi connectivity index (χ4n) is 0.433. The van der Waals surface area contributed by atoms with Crippen molar-refractivity contribution in [3.8, 4) is 5.06 Å². The molecule has 56 valence electrons. The van der Waals surface area contributed by atoms with Gasteiger partial charge in [0.1, 0.15) is 0 Å². The number of rotatable bonds is 2. The van der Waals surface area contributed by atoms with Gasteiger partial charge in [0, 0.05) is 0 Å². The summed E-state index contributed by atoms with van der Waals surface area (Å²) < 4.78 is 14.4. The first-order chi connectivity index (χ1) is 4.58.